The summed E-state index contributed by atoms with van der Waals surface area (Å²) in [5.41, 5.74) is 0. The zero-order chi connectivity index (χ0) is 6.97. The molecule has 1 fully saturated rings. The first-order valence-corrected chi connectivity index (χ1v) is 3.70. The second-order valence-corrected chi connectivity index (χ2v) is 2.94. The normalized spacial score (nSPS) is 17.7. The highest BCUT2D eigenvalue weighted by Gasteiger charge is 2.24. The first-order valence-electron chi connectivity index (χ1n) is 3.32. The van der Waals surface area contributed by atoms with E-state index in [1.54, 1.807) is 0 Å². The van der Waals surface area contributed by atoms with Crippen molar-refractivity contribution in [3.8, 4) is 0 Å². The molecule has 0 aromatic carbocycles. The Balaban J connectivity index is 2.03. The van der Waals surface area contributed by atoms with E-state index in [2.05, 4.69) is 10.1 Å². The summed E-state index contributed by atoms with van der Waals surface area (Å²) >= 11 is 5.45. The van der Waals surface area contributed by atoms with Crippen LogP contribution in [0.25, 0.3) is 0 Å². The highest BCUT2D eigenvalue weighted by atomic mass is 35.5. The van der Waals surface area contributed by atoms with E-state index in [0.29, 0.717) is 5.89 Å². The minimum absolute atomic E-state index is 0.218. The van der Waals surface area contributed by atoms with Gasteiger partial charge in [-0.05, 0) is 35.5 Å². The molecule has 0 aliphatic heterocycles. The zero-order valence-corrected chi connectivity index (χ0v) is 6.14. The van der Waals surface area contributed by atoms with Gasteiger partial charge >= 0.3 is 0 Å². The van der Waals surface area contributed by atoms with Gasteiger partial charge < -0.3 is 4.52 Å². The fourth-order valence-electron chi connectivity index (χ4n) is 0.886. The van der Waals surface area contributed by atoms with Crippen molar-refractivity contribution >= 4 is 11.6 Å². The minimum atomic E-state index is 0.218. The molecule has 0 amide bonds. The third-order valence-electron chi connectivity index (χ3n) is 1.60. The largest absolute Gasteiger partial charge is 0.338 e. The third-order valence-corrected chi connectivity index (χ3v) is 1.76. The predicted molar refractivity (Wildman–Crippen MR) is 35.7 cm³/mol. The van der Waals surface area contributed by atoms with Crippen molar-refractivity contribution in [1.82, 2.24) is 10.1 Å². The number of aromatic nitrogens is 2. The Hall–Kier alpha value is -0.570. The van der Waals surface area contributed by atoms with Gasteiger partial charge in [-0.25, -0.2) is 0 Å². The first kappa shape index (κ1) is 6.16. The van der Waals surface area contributed by atoms with Crippen LogP contribution >= 0.6 is 11.6 Å². The van der Waals surface area contributed by atoms with Crippen molar-refractivity contribution in [1.29, 1.82) is 0 Å². The number of rotatable bonds is 2. The van der Waals surface area contributed by atoms with Crippen molar-refractivity contribution in [3.63, 3.8) is 0 Å². The Bertz CT molecular complexity index is 231. The Labute approximate surface area is 63.4 Å². The average molecular weight is 159 g/mol. The quantitative estimate of drug-likeness (QED) is 0.658. The molecule has 0 bridgehead atoms. The van der Waals surface area contributed by atoms with E-state index in [-0.39, 0.29) is 5.28 Å². The maximum atomic E-state index is 5.45. The van der Waals surface area contributed by atoms with E-state index >= 15 is 0 Å². The summed E-state index contributed by atoms with van der Waals surface area (Å²) in [5, 5.41) is 3.69. The van der Waals surface area contributed by atoms with Crippen molar-refractivity contribution in [3.05, 3.63) is 11.2 Å². The molecular formula is C6H7ClN2O. The molecule has 0 radical (unpaired) electrons. The van der Waals surface area contributed by atoms with Crippen molar-refractivity contribution in [2.45, 2.75) is 19.3 Å². The van der Waals surface area contributed by atoms with E-state index in [1.807, 2.05) is 0 Å². The molecule has 2 rings (SSSR count). The summed E-state index contributed by atoms with van der Waals surface area (Å²) in [4.78, 5) is 3.88. The topological polar surface area (TPSA) is 38.9 Å². The van der Waals surface area contributed by atoms with Crippen LogP contribution in [0, 0.1) is 5.92 Å². The van der Waals surface area contributed by atoms with E-state index in [9.17, 15) is 0 Å². The molecular weight excluding hydrogens is 152 g/mol. The molecule has 1 aromatic rings. The SMILES string of the molecule is Clc1noc(CC2CC2)n1. The van der Waals surface area contributed by atoms with Crippen LogP contribution in [0.15, 0.2) is 4.52 Å². The van der Waals surface area contributed by atoms with Crippen LogP contribution in [-0.4, -0.2) is 10.1 Å². The molecule has 0 unspecified atom stereocenters. The van der Waals surface area contributed by atoms with E-state index < -0.39 is 0 Å². The second kappa shape index (κ2) is 2.23. The van der Waals surface area contributed by atoms with Gasteiger partial charge in [0.05, 0.1) is 0 Å². The molecule has 54 valence electrons. The number of nitrogens with zero attached hydrogens (tertiary/aromatic N) is 2. The standard InChI is InChI=1S/C6H7ClN2O/c7-6-8-5(10-9-6)3-4-1-2-4/h4H,1-3H2. The summed E-state index contributed by atoms with van der Waals surface area (Å²) in [5.74, 6) is 1.45. The molecule has 1 heterocycles. The summed E-state index contributed by atoms with van der Waals surface area (Å²) in [6.45, 7) is 0. The Morgan fingerprint density at radius 2 is 2.40 bits per heavy atom. The summed E-state index contributed by atoms with van der Waals surface area (Å²) in [7, 11) is 0. The maximum absolute atomic E-state index is 5.45. The van der Waals surface area contributed by atoms with E-state index in [4.69, 9.17) is 16.1 Å². The molecule has 3 nitrogen and oxygen atoms in total. The van der Waals surface area contributed by atoms with Crippen LogP contribution in [0.1, 0.15) is 18.7 Å². The second-order valence-electron chi connectivity index (χ2n) is 2.60. The van der Waals surface area contributed by atoms with Gasteiger partial charge in [0, 0.05) is 6.42 Å². The number of hydrogen-bond acceptors (Lipinski definition) is 3. The Kier molecular flexibility index (Phi) is 1.38. The lowest BCUT2D eigenvalue weighted by Gasteiger charge is -1.84. The van der Waals surface area contributed by atoms with Crippen molar-refractivity contribution in [2.75, 3.05) is 0 Å². The van der Waals surface area contributed by atoms with Crippen LogP contribution in [0.2, 0.25) is 5.28 Å². The molecule has 10 heavy (non-hydrogen) atoms. The van der Waals surface area contributed by atoms with Crippen LogP contribution in [0.3, 0.4) is 0 Å². The van der Waals surface area contributed by atoms with Gasteiger partial charge in [-0.3, -0.25) is 0 Å². The number of halogens is 1. The lowest BCUT2D eigenvalue weighted by atomic mass is 10.3. The lowest BCUT2D eigenvalue weighted by Crippen LogP contribution is -1.85. The molecule has 0 N–H and O–H groups in total. The fourth-order valence-corrected chi connectivity index (χ4v) is 1.01. The van der Waals surface area contributed by atoms with Crippen LogP contribution in [0.4, 0.5) is 0 Å². The number of hydrogen-bond donors (Lipinski definition) is 0. The van der Waals surface area contributed by atoms with E-state index in [0.717, 1.165) is 12.3 Å². The van der Waals surface area contributed by atoms with E-state index in [1.165, 1.54) is 12.8 Å². The first-order chi connectivity index (χ1) is 4.84. The van der Waals surface area contributed by atoms with Crippen LogP contribution in [-0.2, 0) is 6.42 Å². The van der Waals surface area contributed by atoms with Gasteiger partial charge in [-0.2, -0.15) is 4.98 Å². The summed E-state index contributed by atoms with van der Waals surface area (Å²) < 4.78 is 4.82. The zero-order valence-electron chi connectivity index (χ0n) is 5.38. The van der Waals surface area contributed by atoms with Gasteiger partial charge in [-0.1, -0.05) is 0 Å². The summed E-state index contributed by atoms with van der Waals surface area (Å²) in [6, 6.07) is 0. The van der Waals surface area contributed by atoms with Crippen molar-refractivity contribution < 1.29 is 4.52 Å². The van der Waals surface area contributed by atoms with Crippen LogP contribution in [0.5, 0.6) is 0 Å². The molecule has 1 aliphatic carbocycles. The molecule has 1 aliphatic rings. The monoisotopic (exact) mass is 158 g/mol. The van der Waals surface area contributed by atoms with Gasteiger partial charge in [0.1, 0.15) is 0 Å². The fraction of sp³-hybridized carbons (Fsp3) is 0.667. The smallest absolute Gasteiger partial charge is 0.263 e. The third kappa shape index (κ3) is 1.29. The van der Waals surface area contributed by atoms with Crippen molar-refractivity contribution in [2.24, 2.45) is 5.92 Å². The van der Waals surface area contributed by atoms with Crippen LogP contribution < -0.4 is 0 Å². The highest BCUT2D eigenvalue weighted by molar-refractivity contribution is 6.28. The Morgan fingerprint density at radius 3 is 2.90 bits per heavy atom. The molecule has 1 aromatic heterocycles. The highest BCUT2D eigenvalue weighted by Crippen LogP contribution is 2.32. The molecule has 4 heteroatoms. The maximum Gasteiger partial charge on any atom is 0.263 e. The Morgan fingerprint density at radius 1 is 1.60 bits per heavy atom. The van der Waals surface area contributed by atoms with Gasteiger partial charge in [-0.15, -0.1) is 0 Å². The van der Waals surface area contributed by atoms with Gasteiger partial charge in [0.15, 0.2) is 0 Å². The average Bonchev–Trinajstić information content (AvgIpc) is 2.59. The lowest BCUT2D eigenvalue weighted by molar-refractivity contribution is 0.372. The van der Waals surface area contributed by atoms with Gasteiger partial charge in [0.25, 0.3) is 5.28 Å². The van der Waals surface area contributed by atoms with Gasteiger partial charge in [0.2, 0.25) is 5.89 Å². The molecule has 1 saturated carbocycles. The summed E-state index contributed by atoms with van der Waals surface area (Å²) in [6.07, 6.45) is 3.49. The minimum Gasteiger partial charge on any atom is -0.338 e. The molecule has 0 atom stereocenters. The molecule has 0 spiro atoms. The molecule has 0 saturated heterocycles. The predicted octanol–water partition coefficient (Wildman–Crippen LogP) is 1.68.